The highest BCUT2D eigenvalue weighted by Crippen LogP contribution is 2.15. The van der Waals surface area contributed by atoms with Crippen molar-refractivity contribution in [1.82, 2.24) is 0 Å². The van der Waals surface area contributed by atoms with Crippen molar-refractivity contribution in [2.75, 3.05) is 0 Å². The van der Waals surface area contributed by atoms with E-state index in [4.69, 9.17) is 0 Å². The summed E-state index contributed by atoms with van der Waals surface area (Å²) in [5.41, 5.74) is 0. The zero-order valence-electron chi connectivity index (χ0n) is 12.5. The van der Waals surface area contributed by atoms with Crippen molar-refractivity contribution in [3.05, 3.63) is 84.9 Å². The van der Waals surface area contributed by atoms with Crippen molar-refractivity contribution in [3.63, 3.8) is 0 Å². The molecule has 0 heterocycles. The number of hydrogen-bond acceptors (Lipinski definition) is 2. The quantitative estimate of drug-likeness (QED) is 0.558. The minimum absolute atomic E-state index is 0.603. The SMILES string of the molecule is O[Si](O)(c1ccc2ccccc2c1)c1ccc2ccccc2c1. The first-order valence-corrected chi connectivity index (χ1v) is 9.47. The number of hydrogen-bond donors (Lipinski definition) is 2. The first-order valence-electron chi connectivity index (χ1n) is 7.58. The zero-order chi connectivity index (χ0) is 15.9. The summed E-state index contributed by atoms with van der Waals surface area (Å²) in [6.45, 7) is 0. The van der Waals surface area contributed by atoms with Gasteiger partial charge in [-0.05, 0) is 31.9 Å². The van der Waals surface area contributed by atoms with Crippen LogP contribution in [0, 0.1) is 0 Å². The topological polar surface area (TPSA) is 40.5 Å². The molecule has 4 aromatic rings. The third-order valence-electron chi connectivity index (χ3n) is 4.30. The Morgan fingerprint density at radius 1 is 0.478 bits per heavy atom. The van der Waals surface area contributed by atoms with Gasteiger partial charge in [-0.3, -0.25) is 0 Å². The standard InChI is InChI=1S/C20H16O2Si/c21-23(22,19-11-9-15-5-1-3-7-17(15)13-19)20-12-10-16-6-2-4-8-18(16)14-20/h1-14,21-22H. The van der Waals surface area contributed by atoms with Gasteiger partial charge in [-0.25, -0.2) is 0 Å². The second kappa shape index (κ2) is 5.32. The van der Waals surface area contributed by atoms with Gasteiger partial charge in [-0.15, -0.1) is 0 Å². The maximum absolute atomic E-state index is 10.9. The molecule has 0 radical (unpaired) electrons. The highest BCUT2D eigenvalue weighted by atomic mass is 28.4. The minimum Gasteiger partial charge on any atom is -0.404 e. The van der Waals surface area contributed by atoms with Crippen LogP contribution >= 0.6 is 0 Å². The molecule has 0 aromatic heterocycles. The molecule has 0 unspecified atom stereocenters. The number of fused-ring (bicyclic) bond motifs is 2. The Morgan fingerprint density at radius 3 is 1.30 bits per heavy atom. The Morgan fingerprint density at radius 2 is 0.870 bits per heavy atom. The lowest BCUT2D eigenvalue weighted by molar-refractivity contribution is 0.401. The molecule has 3 heteroatoms. The molecule has 0 amide bonds. The van der Waals surface area contributed by atoms with Crippen LogP contribution in [0.4, 0.5) is 0 Å². The Kier molecular flexibility index (Phi) is 3.27. The molecule has 0 spiro atoms. The largest absolute Gasteiger partial charge is 0.404 e. The van der Waals surface area contributed by atoms with E-state index in [-0.39, 0.29) is 0 Å². The molecule has 0 aliphatic heterocycles. The molecule has 0 fully saturated rings. The lowest BCUT2D eigenvalue weighted by atomic mass is 10.1. The van der Waals surface area contributed by atoms with E-state index < -0.39 is 8.56 Å². The Balaban J connectivity index is 1.85. The van der Waals surface area contributed by atoms with Crippen molar-refractivity contribution in [1.29, 1.82) is 0 Å². The Hall–Kier alpha value is -2.46. The van der Waals surface area contributed by atoms with Crippen molar-refractivity contribution in [2.45, 2.75) is 0 Å². The first-order chi connectivity index (χ1) is 11.1. The fourth-order valence-electron chi connectivity index (χ4n) is 2.98. The lowest BCUT2D eigenvalue weighted by Gasteiger charge is -2.19. The summed E-state index contributed by atoms with van der Waals surface area (Å²) < 4.78 is 0. The normalized spacial score (nSPS) is 11.9. The predicted molar refractivity (Wildman–Crippen MR) is 97.4 cm³/mol. The van der Waals surface area contributed by atoms with E-state index in [1.165, 1.54) is 0 Å². The van der Waals surface area contributed by atoms with Gasteiger partial charge in [0.25, 0.3) is 0 Å². The van der Waals surface area contributed by atoms with Gasteiger partial charge in [0.05, 0.1) is 0 Å². The van der Waals surface area contributed by atoms with Crippen LogP contribution in [0.5, 0.6) is 0 Å². The van der Waals surface area contributed by atoms with Gasteiger partial charge in [-0.2, -0.15) is 0 Å². The van der Waals surface area contributed by atoms with Crippen LogP contribution in [-0.4, -0.2) is 18.2 Å². The van der Waals surface area contributed by atoms with E-state index >= 15 is 0 Å². The Bertz CT molecular complexity index is 927. The van der Waals surface area contributed by atoms with E-state index in [9.17, 15) is 9.59 Å². The molecule has 0 aliphatic rings. The highest BCUT2D eigenvalue weighted by molar-refractivity contribution is 6.90. The minimum atomic E-state index is -3.69. The molecule has 0 atom stereocenters. The Labute approximate surface area is 135 Å². The van der Waals surface area contributed by atoms with E-state index in [0.29, 0.717) is 10.4 Å². The first kappa shape index (κ1) is 14.1. The fourth-order valence-corrected chi connectivity index (χ4v) is 4.66. The second-order valence-corrected chi connectivity index (χ2v) is 8.30. The van der Waals surface area contributed by atoms with Gasteiger partial charge in [-0.1, -0.05) is 84.9 Å². The summed E-state index contributed by atoms with van der Waals surface area (Å²) in [5, 5.41) is 5.44. The van der Waals surface area contributed by atoms with Gasteiger partial charge in [0.2, 0.25) is 0 Å². The molecule has 23 heavy (non-hydrogen) atoms. The van der Waals surface area contributed by atoms with Crippen molar-refractivity contribution < 1.29 is 9.59 Å². The molecule has 4 aromatic carbocycles. The summed E-state index contributed by atoms with van der Waals surface area (Å²) in [6, 6.07) is 27.2. The zero-order valence-corrected chi connectivity index (χ0v) is 13.5. The van der Waals surface area contributed by atoms with E-state index in [0.717, 1.165) is 21.5 Å². The molecule has 0 aliphatic carbocycles. The molecule has 112 valence electrons. The molecule has 2 N–H and O–H groups in total. The molecule has 2 nitrogen and oxygen atoms in total. The van der Waals surface area contributed by atoms with Crippen LogP contribution in [0.1, 0.15) is 0 Å². The molecule has 0 bridgehead atoms. The summed E-state index contributed by atoms with van der Waals surface area (Å²) in [6.07, 6.45) is 0. The average molecular weight is 316 g/mol. The highest BCUT2D eigenvalue weighted by Gasteiger charge is 2.35. The van der Waals surface area contributed by atoms with Crippen LogP contribution in [0.3, 0.4) is 0 Å². The third-order valence-corrected chi connectivity index (χ3v) is 6.54. The lowest BCUT2D eigenvalue weighted by Crippen LogP contribution is -2.59. The fraction of sp³-hybridized carbons (Fsp3) is 0. The molecular formula is C20H16O2Si. The number of benzene rings is 4. The van der Waals surface area contributed by atoms with Crippen molar-refractivity contribution >= 4 is 40.5 Å². The smallest absolute Gasteiger partial charge is 0.401 e. The van der Waals surface area contributed by atoms with Crippen molar-refractivity contribution in [3.8, 4) is 0 Å². The van der Waals surface area contributed by atoms with Gasteiger partial charge >= 0.3 is 8.56 Å². The van der Waals surface area contributed by atoms with Gasteiger partial charge in [0.15, 0.2) is 0 Å². The second-order valence-electron chi connectivity index (χ2n) is 5.80. The van der Waals surface area contributed by atoms with Crippen LogP contribution in [0.15, 0.2) is 84.9 Å². The van der Waals surface area contributed by atoms with E-state index in [2.05, 4.69) is 0 Å². The third kappa shape index (κ3) is 2.45. The van der Waals surface area contributed by atoms with Crippen molar-refractivity contribution in [2.24, 2.45) is 0 Å². The predicted octanol–water partition coefficient (Wildman–Crippen LogP) is 2.53. The number of rotatable bonds is 2. The monoisotopic (exact) mass is 316 g/mol. The summed E-state index contributed by atoms with van der Waals surface area (Å²) in [5.74, 6) is 0. The van der Waals surface area contributed by atoms with E-state index in [1.807, 2.05) is 84.9 Å². The summed E-state index contributed by atoms with van der Waals surface area (Å²) in [7, 11) is -3.69. The molecule has 4 rings (SSSR count). The van der Waals surface area contributed by atoms with Gasteiger partial charge in [0, 0.05) is 0 Å². The van der Waals surface area contributed by atoms with Crippen LogP contribution in [-0.2, 0) is 0 Å². The van der Waals surface area contributed by atoms with Crippen LogP contribution < -0.4 is 10.4 Å². The van der Waals surface area contributed by atoms with Gasteiger partial charge < -0.3 is 9.59 Å². The average Bonchev–Trinajstić information content (AvgIpc) is 2.61. The molecular weight excluding hydrogens is 300 g/mol. The maximum Gasteiger partial charge on any atom is 0.401 e. The summed E-state index contributed by atoms with van der Waals surface area (Å²) >= 11 is 0. The van der Waals surface area contributed by atoms with Crippen LogP contribution in [0.2, 0.25) is 0 Å². The maximum atomic E-state index is 10.9. The van der Waals surface area contributed by atoms with Crippen LogP contribution in [0.25, 0.3) is 21.5 Å². The summed E-state index contributed by atoms with van der Waals surface area (Å²) in [4.78, 5) is 21.7. The molecule has 0 saturated carbocycles. The van der Waals surface area contributed by atoms with E-state index in [1.54, 1.807) is 0 Å². The molecule has 0 saturated heterocycles. The van der Waals surface area contributed by atoms with Gasteiger partial charge in [0.1, 0.15) is 0 Å².